The van der Waals surface area contributed by atoms with Crippen molar-refractivity contribution in [3.05, 3.63) is 30.1 Å². The molecule has 1 aromatic rings. The normalized spacial score (nSPS) is 23.0. The molecule has 0 bridgehead atoms. The molecule has 1 N–H and O–H groups in total. The van der Waals surface area contributed by atoms with Gasteiger partial charge in [0.05, 0.1) is 6.04 Å². The van der Waals surface area contributed by atoms with Crippen LogP contribution in [0.5, 0.6) is 0 Å². The first-order valence-electron chi connectivity index (χ1n) is 8.52. The highest BCUT2D eigenvalue weighted by atomic mass is 16.2. The zero-order chi connectivity index (χ0) is 17.3. The van der Waals surface area contributed by atoms with Gasteiger partial charge in [0.25, 0.3) is 0 Å². The van der Waals surface area contributed by atoms with Gasteiger partial charge in [-0.05, 0) is 56.2 Å². The molecule has 1 aromatic heterocycles. The van der Waals surface area contributed by atoms with Crippen LogP contribution in [0.4, 0.5) is 0 Å². The lowest BCUT2D eigenvalue weighted by atomic mass is 9.79. The van der Waals surface area contributed by atoms with Crippen molar-refractivity contribution in [3.63, 3.8) is 0 Å². The number of nitrogens with zero attached hydrogens (tertiary/aromatic N) is 2. The van der Waals surface area contributed by atoms with Crippen molar-refractivity contribution in [2.45, 2.75) is 66.1 Å². The third-order valence-corrected chi connectivity index (χ3v) is 4.91. The molecule has 1 aliphatic rings. The second-order valence-corrected chi connectivity index (χ2v) is 8.71. The molecule has 1 aliphatic heterocycles. The molecule has 4 nitrogen and oxygen atoms in total. The summed E-state index contributed by atoms with van der Waals surface area (Å²) in [6, 6.07) is 3.84. The Morgan fingerprint density at radius 3 is 2.35 bits per heavy atom. The molecular formula is C19H31N3O. The summed E-state index contributed by atoms with van der Waals surface area (Å²) in [7, 11) is 0. The summed E-state index contributed by atoms with van der Waals surface area (Å²) in [6.07, 6.45) is 4.45. The molecule has 0 saturated carbocycles. The molecule has 0 spiro atoms. The van der Waals surface area contributed by atoms with E-state index in [9.17, 15) is 4.79 Å². The van der Waals surface area contributed by atoms with Crippen LogP contribution in [0.3, 0.4) is 0 Å². The van der Waals surface area contributed by atoms with Gasteiger partial charge >= 0.3 is 0 Å². The summed E-state index contributed by atoms with van der Waals surface area (Å²) in [4.78, 5) is 19.2. The van der Waals surface area contributed by atoms with Gasteiger partial charge in [-0.3, -0.25) is 14.7 Å². The first kappa shape index (κ1) is 17.9. The van der Waals surface area contributed by atoms with Crippen LogP contribution in [0.25, 0.3) is 0 Å². The van der Waals surface area contributed by atoms with Crippen molar-refractivity contribution in [1.82, 2.24) is 15.2 Å². The number of nitrogens with one attached hydrogen (secondary N) is 1. The highest BCUT2D eigenvalue weighted by molar-refractivity contribution is 5.82. The maximum atomic E-state index is 12.8. The predicted octanol–water partition coefficient (Wildman–Crippen LogP) is 3.23. The van der Waals surface area contributed by atoms with Crippen LogP contribution in [0, 0.1) is 11.3 Å². The molecule has 1 saturated heterocycles. The van der Waals surface area contributed by atoms with Gasteiger partial charge in [0, 0.05) is 31.0 Å². The highest BCUT2D eigenvalue weighted by Gasteiger charge is 2.45. The lowest BCUT2D eigenvalue weighted by Crippen LogP contribution is -2.51. The lowest BCUT2D eigenvalue weighted by Gasteiger charge is -2.36. The minimum atomic E-state index is -0.0407. The van der Waals surface area contributed by atoms with Gasteiger partial charge in [-0.2, -0.15) is 0 Å². The Balaban J connectivity index is 2.06. The molecule has 0 radical (unpaired) electrons. The number of carbonyl (C=O) groups is 1. The van der Waals surface area contributed by atoms with E-state index < -0.39 is 0 Å². The van der Waals surface area contributed by atoms with Crippen LogP contribution in [0.15, 0.2) is 24.5 Å². The molecule has 2 heterocycles. The fourth-order valence-electron chi connectivity index (χ4n) is 3.26. The van der Waals surface area contributed by atoms with Crippen molar-refractivity contribution >= 4 is 5.91 Å². The molecule has 2 atom stereocenters. The van der Waals surface area contributed by atoms with Gasteiger partial charge in [-0.15, -0.1) is 0 Å². The lowest BCUT2D eigenvalue weighted by molar-refractivity contribution is -0.127. The molecule has 4 heteroatoms. The first-order valence-corrected chi connectivity index (χ1v) is 8.52. The molecule has 1 unspecified atom stereocenters. The monoisotopic (exact) mass is 317 g/mol. The van der Waals surface area contributed by atoms with Gasteiger partial charge in [0.15, 0.2) is 0 Å². The Morgan fingerprint density at radius 2 is 1.83 bits per heavy atom. The van der Waals surface area contributed by atoms with Crippen molar-refractivity contribution < 1.29 is 4.79 Å². The zero-order valence-corrected chi connectivity index (χ0v) is 15.4. The summed E-state index contributed by atoms with van der Waals surface area (Å²) in [5, 5.41) is 3.11. The van der Waals surface area contributed by atoms with E-state index in [0.717, 1.165) is 18.5 Å². The molecule has 23 heavy (non-hydrogen) atoms. The standard InChI is InChI=1S/C19H31N3O/c1-18(2,3)15-11-16(22(13-15)19(4,5)6)17(23)21-12-14-7-9-20-10-8-14/h7-10,15-16H,11-13H2,1-6H3,(H,21,23)/t15?,16-/m0/s1. The number of hydrogen-bond donors (Lipinski definition) is 1. The van der Waals surface area contributed by atoms with E-state index in [4.69, 9.17) is 0 Å². The van der Waals surface area contributed by atoms with E-state index in [2.05, 4.69) is 56.7 Å². The average molecular weight is 317 g/mol. The van der Waals surface area contributed by atoms with Crippen molar-refractivity contribution in [2.75, 3.05) is 6.54 Å². The largest absolute Gasteiger partial charge is 0.351 e. The Bertz CT molecular complexity index is 528. The number of likely N-dealkylation sites (tertiary alicyclic amines) is 1. The minimum absolute atomic E-state index is 0.00132. The Morgan fingerprint density at radius 1 is 1.22 bits per heavy atom. The van der Waals surface area contributed by atoms with Gasteiger partial charge in [0.2, 0.25) is 5.91 Å². The maximum absolute atomic E-state index is 12.8. The van der Waals surface area contributed by atoms with Crippen LogP contribution in [0.2, 0.25) is 0 Å². The first-order chi connectivity index (χ1) is 10.6. The summed E-state index contributed by atoms with van der Waals surface area (Å²) < 4.78 is 0. The fourth-order valence-corrected chi connectivity index (χ4v) is 3.26. The van der Waals surface area contributed by atoms with E-state index >= 15 is 0 Å². The smallest absolute Gasteiger partial charge is 0.237 e. The topological polar surface area (TPSA) is 45.2 Å². The number of hydrogen-bond acceptors (Lipinski definition) is 3. The summed E-state index contributed by atoms with van der Waals surface area (Å²) >= 11 is 0. The fraction of sp³-hybridized carbons (Fsp3) is 0.684. The van der Waals surface area contributed by atoms with Crippen molar-refractivity contribution in [3.8, 4) is 0 Å². The molecular weight excluding hydrogens is 286 g/mol. The number of aromatic nitrogens is 1. The highest BCUT2D eigenvalue weighted by Crippen LogP contribution is 2.39. The molecule has 128 valence electrons. The van der Waals surface area contributed by atoms with Gasteiger partial charge in [-0.25, -0.2) is 0 Å². The van der Waals surface area contributed by atoms with E-state index in [-0.39, 0.29) is 22.9 Å². The van der Waals surface area contributed by atoms with Gasteiger partial charge in [0.1, 0.15) is 0 Å². The van der Waals surface area contributed by atoms with Crippen LogP contribution in [0.1, 0.15) is 53.5 Å². The molecule has 0 aliphatic carbocycles. The Labute approximate surface area is 140 Å². The number of pyridine rings is 1. The molecule has 1 fully saturated rings. The minimum Gasteiger partial charge on any atom is -0.351 e. The van der Waals surface area contributed by atoms with Crippen LogP contribution in [-0.4, -0.2) is 33.9 Å². The van der Waals surface area contributed by atoms with Crippen molar-refractivity contribution in [1.29, 1.82) is 0 Å². The van der Waals surface area contributed by atoms with Gasteiger partial charge in [-0.1, -0.05) is 20.8 Å². The summed E-state index contributed by atoms with van der Waals surface area (Å²) in [6.45, 7) is 15.0. The van der Waals surface area contributed by atoms with E-state index in [1.165, 1.54) is 0 Å². The predicted molar refractivity (Wildman–Crippen MR) is 93.9 cm³/mol. The third kappa shape index (κ3) is 4.54. The maximum Gasteiger partial charge on any atom is 0.237 e. The van der Waals surface area contributed by atoms with E-state index in [1.54, 1.807) is 12.4 Å². The second-order valence-electron chi connectivity index (χ2n) is 8.71. The van der Waals surface area contributed by atoms with Crippen molar-refractivity contribution in [2.24, 2.45) is 11.3 Å². The number of rotatable bonds is 3. The Kier molecular flexibility index (Phi) is 5.14. The van der Waals surface area contributed by atoms with Crippen LogP contribution < -0.4 is 5.32 Å². The Hall–Kier alpha value is -1.42. The van der Waals surface area contributed by atoms with Crippen LogP contribution in [-0.2, 0) is 11.3 Å². The molecule has 1 amide bonds. The zero-order valence-electron chi connectivity index (χ0n) is 15.4. The third-order valence-electron chi connectivity index (χ3n) is 4.91. The SMILES string of the molecule is CC(C)(C)C1C[C@@H](C(=O)NCc2ccncc2)N(C(C)(C)C)C1. The molecule has 2 rings (SSSR count). The second kappa shape index (κ2) is 6.60. The summed E-state index contributed by atoms with van der Waals surface area (Å²) in [5.41, 5.74) is 1.31. The van der Waals surface area contributed by atoms with E-state index in [0.29, 0.717) is 12.5 Å². The quantitative estimate of drug-likeness (QED) is 0.931. The number of amides is 1. The molecule has 0 aromatic carbocycles. The van der Waals surface area contributed by atoms with Gasteiger partial charge < -0.3 is 5.32 Å². The summed E-state index contributed by atoms with van der Waals surface area (Å²) in [5.74, 6) is 0.682. The number of carbonyl (C=O) groups excluding carboxylic acids is 1. The van der Waals surface area contributed by atoms with E-state index in [1.807, 2.05) is 12.1 Å². The average Bonchev–Trinajstić information content (AvgIpc) is 2.91. The van der Waals surface area contributed by atoms with Crippen LogP contribution >= 0.6 is 0 Å².